The second kappa shape index (κ2) is 6.19. The van der Waals surface area contributed by atoms with Crippen LogP contribution in [-0.2, 0) is 0 Å². The average molecular weight is 263 g/mol. The molecule has 0 radical (unpaired) electrons. The van der Waals surface area contributed by atoms with Crippen LogP contribution >= 0.6 is 0 Å². The molecule has 5 nitrogen and oxygen atoms in total. The van der Waals surface area contributed by atoms with Crippen molar-refractivity contribution in [1.29, 1.82) is 0 Å². The standard InChI is InChI=1S/C14H25N5/c1-10-17-13(16-2)8-14(18-10)19(3)12-6-4-11(9-15)5-7-12/h8,11-12H,4-7,9,15H2,1-3H3,(H,16,17,18). The molecule has 0 spiro atoms. The van der Waals surface area contributed by atoms with Gasteiger partial charge in [0.2, 0.25) is 0 Å². The van der Waals surface area contributed by atoms with Gasteiger partial charge in [0.05, 0.1) is 0 Å². The maximum atomic E-state index is 5.75. The number of rotatable bonds is 4. The van der Waals surface area contributed by atoms with E-state index in [1.165, 1.54) is 25.7 Å². The van der Waals surface area contributed by atoms with Gasteiger partial charge in [-0.3, -0.25) is 0 Å². The summed E-state index contributed by atoms with van der Waals surface area (Å²) in [6.07, 6.45) is 4.87. The van der Waals surface area contributed by atoms with Gasteiger partial charge < -0.3 is 16.0 Å². The molecule has 1 heterocycles. The molecule has 3 N–H and O–H groups in total. The number of aryl methyl sites for hydroxylation is 1. The first kappa shape index (κ1) is 14.1. The van der Waals surface area contributed by atoms with E-state index in [0.29, 0.717) is 12.0 Å². The van der Waals surface area contributed by atoms with E-state index in [9.17, 15) is 0 Å². The number of nitrogens with two attached hydrogens (primary N) is 1. The summed E-state index contributed by atoms with van der Waals surface area (Å²) in [6.45, 7) is 2.76. The van der Waals surface area contributed by atoms with E-state index >= 15 is 0 Å². The van der Waals surface area contributed by atoms with Gasteiger partial charge in [-0.1, -0.05) is 0 Å². The SMILES string of the molecule is CNc1cc(N(C)C2CCC(CN)CC2)nc(C)n1. The lowest BCUT2D eigenvalue weighted by Crippen LogP contribution is -2.37. The first-order chi connectivity index (χ1) is 9.13. The molecule has 0 unspecified atom stereocenters. The maximum absolute atomic E-state index is 5.75. The summed E-state index contributed by atoms with van der Waals surface area (Å²) in [5.74, 6) is 3.41. The predicted molar refractivity (Wildman–Crippen MR) is 79.5 cm³/mol. The Morgan fingerprint density at radius 1 is 1.32 bits per heavy atom. The Morgan fingerprint density at radius 3 is 2.58 bits per heavy atom. The Labute approximate surface area is 115 Å². The zero-order valence-electron chi connectivity index (χ0n) is 12.2. The topological polar surface area (TPSA) is 67.1 Å². The Balaban J connectivity index is 2.07. The second-order valence-corrected chi connectivity index (χ2v) is 5.43. The van der Waals surface area contributed by atoms with Crippen LogP contribution in [0.5, 0.6) is 0 Å². The first-order valence-corrected chi connectivity index (χ1v) is 7.10. The number of aromatic nitrogens is 2. The molecule has 1 aliphatic rings. The van der Waals surface area contributed by atoms with Gasteiger partial charge in [0, 0.05) is 26.2 Å². The fourth-order valence-corrected chi connectivity index (χ4v) is 2.82. The van der Waals surface area contributed by atoms with Crippen molar-refractivity contribution < 1.29 is 0 Å². The summed E-state index contributed by atoms with van der Waals surface area (Å²) < 4.78 is 0. The zero-order valence-corrected chi connectivity index (χ0v) is 12.2. The summed E-state index contributed by atoms with van der Waals surface area (Å²) in [6, 6.07) is 2.59. The third-order valence-electron chi connectivity index (χ3n) is 4.14. The summed E-state index contributed by atoms with van der Waals surface area (Å²) >= 11 is 0. The fourth-order valence-electron chi connectivity index (χ4n) is 2.82. The van der Waals surface area contributed by atoms with Gasteiger partial charge in [0.25, 0.3) is 0 Å². The monoisotopic (exact) mass is 263 g/mol. The molecule has 0 saturated heterocycles. The Morgan fingerprint density at radius 2 is 2.00 bits per heavy atom. The van der Waals surface area contributed by atoms with Crippen molar-refractivity contribution in [3.8, 4) is 0 Å². The number of nitrogens with zero attached hydrogens (tertiary/aromatic N) is 3. The highest BCUT2D eigenvalue weighted by Crippen LogP contribution is 2.29. The minimum Gasteiger partial charge on any atom is -0.373 e. The molecule has 2 rings (SSSR count). The highest BCUT2D eigenvalue weighted by molar-refractivity contribution is 5.49. The molecule has 1 aliphatic carbocycles. The van der Waals surface area contributed by atoms with Crippen LogP contribution in [0.4, 0.5) is 11.6 Å². The van der Waals surface area contributed by atoms with Crippen molar-refractivity contribution in [3.63, 3.8) is 0 Å². The van der Waals surface area contributed by atoms with Crippen molar-refractivity contribution in [2.45, 2.75) is 38.6 Å². The normalized spacial score (nSPS) is 23.2. The molecule has 0 bridgehead atoms. The van der Waals surface area contributed by atoms with Gasteiger partial charge in [-0.05, 0) is 45.1 Å². The van der Waals surface area contributed by atoms with E-state index in [-0.39, 0.29) is 0 Å². The van der Waals surface area contributed by atoms with Crippen LogP contribution in [0.2, 0.25) is 0 Å². The molecular weight excluding hydrogens is 238 g/mol. The van der Waals surface area contributed by atoms with Crippen molar-refractivity contribution >= 4 is 11.6 Å². The van der Waals surface area contributed by atoms with Crippen LogP contribution in [0, 0.1) is 12.8 Å². The van der Waals surface area contributed by atoms with Gasteiger partial charge >= 0.3 is 0 Å². The molecule has 0 aliphatic heterocycles. The molecule has 1 aromatic heterocycles. The van der Waals surface area contributed by atoms with E-state index < -0.39 is 0 Å². The lowest BCUT2D eigenvalue weighted by atomic mass is 9.85. The fraction of sp³-hybridized carbons (Fsp3) is 0.714. The minimum absolute atomic E-state index is 0.571. The Hall–Kier alpha value is -1.36. The summed E-state index contributed by atoms with van der Waals surface area (Å²) in [7, 11) is 4.02. The van der Waals surface area contributed by atoms with Crippen molar-refractivity contribution in [2.75, 3.05) is 30.9 Å². The third kappa shape index (κ3) is 3.35. The van der Waals surface area contributed by atoms with Gasteiger partial charge in [0.15, 0.2) is 0 Å². The molecular formula is C14H25N5. The molecule has 106 valence electrons. The van der Waals surface area contributed by atoms with Gasteiger partial charge in [-0.25, -0.2) is 9.97 Å². The molecule has 5 heteroatoms. The second-order valence-electron chi connectivity index (χ2n) is 5.43. The third-order valence-corrected chi connectivity index (χ3v) is 4.14. The molecule has 0 amide bonds. The largest absolute Gasteiger partial charge is 0.373 e. The quantitative estimate of drug-likeness (QED) is 0.866. The molecule has 1 aromatic rings. The van der Waals surface area contributed by atoms with Gasteiger partial charge in [-0.15, -0.1) is 0 Å². The number of nitrogens with one attached hydrogen (secondary N) is 1. The highest BCUT2D eigenvalue weighted by atomic mass is 15.2. The van der Waals surface area contributed by atoms with E-state index in [1.807, 2.05) is 20.0 Å². The van der Waals surface area contributed by atoms with Crippen LogP contribution in [0.25, 0.3) is 0 Å². The summed E-state index contributed by atoms with van der Waals surface area (Å²) in [5, 5.41) is 3.09. The minimum atomic E-state index is 0.571. The van der Waals surface area contributed by atoms with Crippen LogP contribution in [0.1, 0.15) is 31.5 Å². The van der Waals surface area contributed by atoms with E-state index in [0.717, 1.165) is 24.0 Å². The smallest absolute Gasteiger partial charge is 0.134 e. The lowest BCUT2D eigenvalue weighted by molar-refractivity contribution is 0.326. The van der Waals surface area contributed by atoms with Crippen LogP contribution in [-0.4, -0.2) is 36.6 Å². The zero-order chi connectivity index (χ0) is 13.8. The number of hydrogen-bond acceptors (Lipinski definition) is 5. The molecule has 1 saturated carbocycles. The average Bonchev–Trinajstić information content (AvgIpc) is 2.46. The summed E-state index contributed by atoms with van der Waals surface area (Å²) in [5.41, 5.74) is 5.75. The maximum Gasteiger partial charge on any atom is 0.134 e. The van der Waals surface area contributed by atoms with Crippen molar-refractivity contribution in [3.05, 3.63) is 11.9 Å². The summed E-state index contributed by atoms with van der Waals surface area (Å²) in [4.78, 5) is 11.2. The Bertz CT molecular complexity index is 412. The number of hydrogen-bond donors (Lipinski definition) is 2. The van der Waals surface area contributed by atoms with Crippen LogP contribution < -0.4 is 16.0 Å². The van der Waals surface area contributed by atoms with E-state index in [1.54, 1.807) is 0 Å². The van der Waals surface area contributed by atoms with E-state index in [2.05, 4.69) is 27.2 Å². The van der Waals surface area contributed by atoms with Crippen LogP contribution in [0.15, 0.2) is 6.07 Å². The van der Waals surface area contributed by atoms with Crippen molar-refractivity contribution in [2.24, 2.45) is 11.7 Å². The van der Waals surface area contributed by atoms with Gasteiger partial charge in [-0.2, -0.15) is 0 Å². The highest BCUT2D eigenvalue weighted by Gasteiger charge is 2.24. The lowest BCUT2D eigenvalue weighted by Gasteiger charge is -2.35. The molecule has 0 aromatic carbocycles. The molecule has 0 atom stereocenters. The molecule has 1 fully saturated rings. The number of anilines is 2. The Kier molecular flexibility index (Phi) is 4.58. The van der Waals surface area contributed by atoms with Crippen molar-refractivity contribution in [1.82, 2.24) is 9.97 Å². The van der Waals surface area contributed by atoms with Crippen LogP contribution in [0.3, 0.4) is 0 Å². The first-order valence-electron chi connectivity index (χ1n) is 7.10. The predicted octanol–water partition coefficient (Wildman–Crippen LogP) is 1.78. The molecule has 19 heavy (non-hydrogen) atoms. The van der Waals surface area contributed by atoms with Gasteiger partial charge in [0.1, 0.15) is 17.5 Å². The van der Waals surface area contributed by atoms with E-state index in [4.69, 9.17) is 5.73 Å².